The van der Waals surface area contributed by atoms with Crippen LogP contribution in [0.15, 0.2) is 103 Å². The predicted molar refractivity (Wildman–Crippen MR) is 211 cm³/mol. The van der Waals surface area contributed by atoms with Crippen LogP contribution in [0.2, 0.25) is 0 Å². The molecule has 0 aliphatic rings. The van der Waals surface area contributed by atoms with Gasteiger partial charge in [0.2, 0.25) is 17.7 Å². The lowest BCUT2D eigenvalue weighted by Gasteiger charge is -2.27. The van der Waals surface area contributed by atoms with Crippen LogP contribution in [-0.2, 0) is 43.5 Å². The van der Waals surface area contributed by atoms with Crippen molar-refractivity contribution in [3.8, 4) is 0 Å². The summed E-state index contributed by atoms with van der Waals surface area (Å²) in [5.41, 5.74) is 17.0. The zero-order chi connectivity index (χ0) is 39.7. The Kier molecular flexibility index (Phi) is 15.7. The molecule has 4 aromatic rings. The first-order valence-electron chi connectivity index (χ1n) is 18.0. The average molecular weight is 752 g/mol. The number of hydrogen-bond donors (Lipinski definition) is 7. The van der Waals surface area contributed by atoms with Gasteiger partial charge < -0.3 is 36.9 Å². The van der Waals surface area contributed by atoms with Gasteiger partial charge in [-0.3, -0.25) is 25.0 Å². The minimum absolute atomic E-state index is 0.0436. The van der Waals surface area contributed by atoms with Gasteiger partial charge in [-0.15, -0.1) is 0 Å². The summed E-state index contributed by atoms with van der Waals surface area (Å²) in [5.74, 6) is -1.61. The van der Waals surface area contributed by atoms with Crippen molar-refractivity contribution in [1.82, 2.24) is 10.6 Å². The molecule has 0 fully saturated rings. The second-order valence-corrected chi connectivity index (χ2v) is 13.1. The highest BCUT2D eigenvalue weighted by atomic mass is 16.6. The SMILES string of the molecule is CCCC(N)[C@H](NC(=O)[C@H](Cc1ccccc1)NC(=O)[C@@H](C)N)C(=O)Nc1ccc(COC(=O)Nc2ccc(COC(=O)Nc3ccc(C)cc3)cc2)cc1. The zero-order valence-electron chi connectivity index (χ0n) is 31.2. The number of nitrogens with two attached hydrogens (primary N) is 2. The molecule has 0 spiro atoms. The van der Waals surface area contributed by atoms with Gasteiger partial charge in [0, 0.05) is 29.5 Å². The lowest BCUT2D eigenvalue weighted by Crippen LogP contribution is -2.59. The van der Waals surface area contributed by atoms with Gasteiger partial charge in [-0.1, -0.05) is 85.6 Å². The first-order valence-corrected chi connectivity index (χ1v) is 18.0. The van der Waals surface area contributed by atoms with Crippen molar-refractivity contribution >= 4 is 47.0 Å². The van der Waals surface area contributed by atoms with E-state index >= 15 is 0 Å². The lowest BCUT2D eigenvalue weighted by atomic mass is 10.0. The maximum atomic E-state index is 13.5. The van der Waals surface area contributed by atoms with Gasteiger partial charge in [0.25, 0.3) is 0 Å². The number of hydrogen-bond acceptors (Lipinski definition) is 9. The summed E-state index contributed by atoms with van der Waals surface area (Å²) in [4.78, 5) is 64.1. The Hall–Kier alpha value is -6.25. The number of nitrogens with one attached hydrogen (secondary N) is 5. The van der Waals surface area contributed by atoms with Crippen LogP contribution in [-0.4, -0.2) is 54.1 Å². The molecule has 4 rings (SSSR count). The van der Waals surface area contributed by atoms with E-state index in [0.29, 0.717) is 35.5 Å². The molecule has 0 saturated heterocycles. The molecular formula is C41H49N7O7. The van der Waals surface area contributed by atoms with E-state index in [1.165, 1.54) is 6.92 Å². The van der Waals surface area contributed by atoms with Gasteiger partial charge >= 0.3 is 12.2 Å². The van der Waals surface area contributed by atoms with Crippen LogP contribution in [0, 0.1) is 6.92 Å². The Morgan fingerprint density at radius 2 is 1.09 bits per heavy atom. The number of benzene rings is 4. The zero-order valence-corrected chi connectivity index (χ0v) is 31.2. The van der Waals surface area contributed by atoms with Crippen LogP contribution in [0.5, 0.6) is 0 Å². The molecule has 0 saturated carbocycles. The van der Waals surface area contributed by atoms with E-state index < -0.39 is 54.1 Å². The first kappa shape index (κ1) is 41.5. The Bertz CT molecular complexity index is 1870. The van der Waals surface area contributed by atoms with Crippen LogP contribution in [0.3, 0.4) is 0 Å². The number of carbonyl (C=O) groups is 5. The molecule has 0 aliphatic heterocycles. The van der Waals surface area contributed by atoms with E-state index in [4.69, 9.17) is 20.9 Å². The Morgan fingerprint density at radius 1 is 0.600 bits per heavy atom. The van der Waals surface area contributed by atoms with E-state index in [0.717, 1.165) is 16.7 Å². The van der Waals surface area contributed by atoms with Gasteiger partial charge in [0.05, 0.1) is 6.04 Å². The van der Waals surface area contributed by atoms with E-state index in [1.807, 2.05) is 56.3 Å². The summed E-state index contributed by atoms with van der Waals surface area (Å²) in [6.07, 6.45) is 0.0586. The second kappa shape index (κ2) is 20.8. The largest absolute Gasteiger partial charge is 0.444 e. The minimum Gasteiger partial charge on any atom is -0.444 e. The maximum Gasteiger partial charge on any atom is 0.411 e. The van der Waals surface area contributed by atoms with Gasteiger partial charge in [0.15, 0.2) is 0 Å². The molecule has 14 heteroatoms. The monoisotopic (exact) mass is 751 g/mol. The number of rotatable bonds is 17. The normalized spacial score (nSPS) is 12.9. The summed E-state index contributed by atoms with van der Waals surface area (Å²) >= 11 is 0. The number of ether oxygens (including phenoxy) is 2. The smallest absolute Gasteiger partial charge is 0.411 e. The average Bonchev–Trinajstić information content (AvgIpc) is 3.17. The fourth-order valence-corrected chi connectivity index (χ4v) is 5.31. The van der Waals surface area contributed by atoms with Gasteiger partial charge in [0.1, 0.15) is 25.3 Å². The standard InChI is InChI=1S/C41H49N7O7/c1-4-8-34(43)36(48-38(50)35(47-37(49)27(3)42)23-28-9-6-5-7-10-28)39(51)44-31-19-13-29(14-20-31)24-55-41(53)46-33-21-15-30(16-22-33)25-54-40(52)45-32-17-11-26(2)12-18-32/h5-7,9-22,27,34-36H,4,8,23-25,42-43H2,1-3H3,(H,44,51)(H,45,52)(H,46,53)(H,47,49)(H,48,50)/t27-,34?,35+,36+/m1/s1. The van der Waals surface area contributed by atoms with Crippen LogP contribution in [0.25, 0.3) is 0 Å². The number of carbonyl (C=O) groups excluding carboxylic acids is 5. The van der Waals surface area contributed by atoms with Crippen molar-refractivity contribution in [2.45, 2.75) is 77.4 Å². The molecule has 0 bridgehead atoms. The molecule has 0 aliphatic carbocycles. The van der Waals surface area contributed by atoms with Crippen molar-refractivity contribution in [2.75, 3.05) is 16.0 Å². The predicted octanol–water partition coefficient (Wildman–Crippen LogP) is 5.12. The van der Waals surface area contributed by atoms with Crippen molar-refractivity contribution in [2.24, 2.45) is 11.5 Å². The Balaban J connectivity index is 1.27. The van der Waals surface area contributed by atoms with Crippen molar-refractivity contribution in [3.63, 3.8) is 0 Å². The molecule has 4 atom stereocenters. The molecule has 0 heterocycles. The quantitative estimate of drug-likeness (QED) is 0.0761. The van der Waals surface area contributed by atoms with Gasteiger partial charge in [-0.25, -0.2) is 9.59 Å². The minimum atomic E-state index is -1.10. The summed E-state index contributed by atoms with van der Waals surface area (Å²) < 4.78 is 10.6. The number of amides is 5. The molecule has 290 valence electrons. The third-order valence-corrected chi connectivity index (χ3v) is 8.42. The third-order valence-electron chi connectivity index (χ3n) is 8.42. The lowest BCUT2D eigenvalue weighted by molar-refractivity contribution is -0.131. The van der Waals surface area contributed by atoms with Gasteiger partial charge in [-0.05, 0) is 73.4 Å². The first-order chi connectivity index (χ1) is 26.4. The highest BCUT2D eigenvalue weighted by Gasteiger charge is 2.31. The van der Waals surface area contributed by atoms with Crippen LogP contribution in [0.4, 0.5) is 26.7 Å². The number of anilines is 3. The molecular weight excluding hydrogens is 702 g/mol. The van der Waals surface area contributed by atoms with Crippen molar-refractivity contribution in [1.29, 1.82) is 0 Å². The molecule has 4 aromatic carbocycles. The highest BCUT2D eigenvalue weighted by molar-refractivity contribution is 5.99. The van der Waals surface area contributed by atoms with Crippen LogP contribution >= 0.6 is 0 Å². The van der Waals surface area contributed by atoms with E-state index in [2.05, 4.69) is 26.6 Å². The second-order valence-electron chi connectivity index (χ2n) is 13.1. The highest BCUT2D eigenvalue weighted by Crippen LogP contribution is 2.16. The Labute approximate surface area is 320 Å². The summed E-state index contributed by atoms with van der Waals surface area (Å²) in [6.45, 7) is 5.39. The summed E-state index contributed by atoms with van der Waals surface area (Å²) in [6, 6.07) is 26.3. The molecule has 0 aromatic heterocycles. The van der Waals surface area contributed by atoms with E-state index in [9.17, 15) is 24.0 Å². The summed E-state index contributed by atoms with van der Waals surface area (Å²) in [5, 5.41) is 13.6. The van der Waals surface area contributed by atoms with Crippen LogP contribution in [0.1, 0.15) is 48.9 Å². The van der Waals surface area contributed by atoms with E-state index in [-0.39, 0.29) is 19.6 Å². The third kappa shape index (κ3) is 13.9. The summed E-state index contributed by atoms with van der Waals surface area (Å²) in [7, 11) is 0. The van der Waals surface area contributed by atoms with Crippen LogP contribution < -0.4 is 38.1 Å². The fraction of sp³-hybridized carbons (Fsp3) is 0.293. The molecule has 9 N–H and O–H groups in total. The Morgan fingerprint density at radius 3 is 1.58 bits per heavy atom. The maximum absolute atomic E-state index is 13.5. The topological polar surface area (TPSA) is 216 Å². The molecule has 5 amide bonds. The molecule has 0 radical (unpaired) electrons. The molecule has 14 nitrogen and oxygen atoms in total. The molecule has 55 heavy (non-hydrogen) atoms. The molecule has 1 unspecified atom stereocenters. The van der Waals surface area contributed by atoms with Crippen molar-refractivity contribution < 1.29 is 33.4 Å². The van der Waals surface area contributed by atoms with E-state index in [1.54, 1.807) is 60.7 Å². The van der Waals surface area contributed by atoms with Crippen molar-refractivity contribution in [3.05, 3.63) is 125 Å². The fourth-order valence-electron chi connectivity index (χ4n) is 5.31. The number of aryl methyl sites for hydroxylation is 1. The van der Waals surface area contributed by atoms with Gasteiger partial charge in [-0.2, -0.15) is 0 Å².